The van der Waals surface area contributed by atoms with E-state index in [9.17, 15) is 53.8 Å². The zero-order valence-electron chi connectivity index (χ0n) is 49.2. The predicted molar refractivity (Wildman–Crippen MR) is 313 cm³/mol. The zero-order valence-corrected chi connectivity index (χ0v) is 51.0. The van der Waals surface area contributed by atoms with Crippen LogP contribution in [0.4, 0.5) is 16.0 Å². The van der Waals surface area contributed by atoms with Gasteiger partial charge in [0.1, 0.15) is 36.0 Å². The summed E-state index contributed by atoms with van der Waals surface area (Å²) in [4.78, 5) is 64.1. The number of phosphoric ester groups is 2. The number of halogens is 1. The second-order valence-electron chi connectivity index (χ2n) is 22.7. The number of aliphatic hydroxyl groups is 4. The first-order chi connectivity index (χ1) is 39.4. The van der Waals surface area contributed by atoms with Gasteiger partial charge < -0.3 is 55.2 Å². The second-order valence-corrected chi connectivity index (χ2v) is 25.3. The summed E-state index contributed by atoms with van der Waals surface area (Å²) in [6.07, 6.45) is 28.9. The summed E-state index contributed by atoms with van der Waals surface area (Å²) in [5.41, 5.74) is -4.11. The third-order valence-corrected chi connectivity index (χ3v) is 17.0. The van der Waals surface area contributed by atoms with Crippen LogP contribution >= 0.6 is 15.6 Å². The normalized spacial score (nSPS) is 22.2. The predicted octanol–water partition coefficient (Wildman–Crippen LogP) is 10.6. The molecule has 0 aliphatic carbocycles. The van der Waals surface area contributed by atoms with Gasteiger partial charge in [0.2, 0.25) is 0 Å². The molecule has 4 rings (SSSR count). The molecule has 4 heterocycles. The molecule has 9 atom stereocenters. The molecule has 9 unspecified atom stereocenters. The first-order valence-corrected chi connectivity index (χ1v) is 34.1. The van der Waals surface area contributed by atoms with Gasteiger partial charge in [-0.25, -0.2) is 23.1 Å². The third-order valence-electron chi connectivity index (χ3n) is 15.6. The van der Waals surface area contributed by atoms with Gasteiger partial charge in [-0.15, -0.1) is 0 Å². The van der Waals surface area contributed by atoms with Gasteiger partial charge in [-0.05, 0) is 18.9 Å². The molecule has 0 amide bonds. The lowest BCUT2D eigenvalue weighted by molar-refractivity contribution is -0.147. The Morgan fingerprint density at radius 3 is 1.62 bits per heavy atom. The van der Waals surface area contributed by atoms with Gasteiger partial charge in [-0.1, -0.05) is 206 Å². The lowest BCUT2D eigenvalue weighted by atomic mass is 9.90. The Kier molecular flexibility index (Phi) is 34.9. The van der Waals surface area contributed by atoms with E-state index < -0.39 is 108 Å². The molecule has 2 aromatic heterocycles. The smallest absolute Gasteiger partial charge is 0.393 e. The van der Waals surface area contributed by atoms with Gasteiger partial charge in [0, 0.05) is 32.1 Å². The zero-order chi connectivity index (χ0) is 59.6. The minimum atomic E-state index is -5.44. The number of unbranched alkanes of at least 4 members (excludes halogenated alkanes) is 30. The molecule has 0 radical (unpaired) electrons. The van der Waals surface area contributed by atoms with E-state index in [1.165, 1.54) is 166 Å². The summed E-state index contributed by atoms with van der Waals surface area (Å²) in [6, 6.07) is 1.44. The highest BCUT2D eigenvalue weighted by atomic mass is 31.2. The van der Waals surface area contributed by atoms with Crippen molar-refractivity contribution >= 4 is 27.3 Å². The number of ether oxygens (including phenoxy) is 2. The molecule has 2 saturated heterocycles. The Morgan fingerprint density at radius 1 is 0.695 bits per heavy atom. The Bertz CT molecular complexity index is 2270. The maximum absolute atomic E-state index is 15.2. The molecule has 0 bridgehead atoms. The Balaban J connectivity index is 1.16. The second kappa shape index (κ2) is 39.9. The number of aromatic nitrogens is 4. The Labute approximate surface area is 485 Å². The van der Waals surface area contributed by atoms with Crippen molar-refractivity contribution in [1.29, 1.82) is 0 Å². The lowest BCUT2D eigenvalue weighted by Crippen LogP contribution is -2.50. The van der Waals surface area contributed by atoms with E-state index in [4.69, 9.17) is 23.0 Å². The van der Waals surface area contributed by atoms with E-state index in [0.29, 0.717) is 13.1 Å². The van der Waals surface area contributed by atoms with Crippen molar-refractivity contribution < 1.29 is 71.7 Å². The third kappa shape index (κ3) is 27.3. The highest BCUT2D eigenvalue weighted by molar-refractivity contribution is 7.47. The van der Waals surface area contributed by atoms with Gasteiger partial charge >= 0.3 is 27.0 Å². The maximum atomic E-state index is 15.2. The van der Waals surface area contributed by atoms with Crippen LogP contribution in [-0.2, 0) is 32.2 Å². The minimum absolute atomic E-state index is 0.215. The first-order valence-electron chi connectivity index (χ1n) is 31.1. The fraction of sp³-hybridized carbons (Fsp3) is 0.860. The van der Waals surface area contributed by atoms with Crippen LogP contribution in [0.15, 0.2) is 28.0 Å². The van der Waals surface area contributed by atoms with E-state index in [1.807, 2.05) is 0 Å². The number of aliphatic hydroxyl groups excluding tert-OH is 4. The highest BCUT2D eigenvalue weighted by Crippen LogP contribution is 2.50. The summed E-state index contributed by atoms with van der Waals surface area (Å²) >= 11 is 0. The van der Waals surface area contributed by atoms with Crippen molar-refractivity contribution in [2.75, 3.05) is 43.5 Å². The van der Waals surface area contributed by atoms with Crippen LogP contribution in [-0.4, -0.2) is 123 Å². The largest absolute Gasteiger partial charge is 0.472 e. The summed E-state index contributed by atoms with van der Waals surface area (Å²) in [6.45, 7) is 2.52. The summed E-state index contributed by atoms with van der Waals surface area (Å²) in [5.74, 6) is -0.799. The Morgan fingerprint density at radius 2 is 1.16 bits per heavy atom. The van der Waals surface area contributed by atoms with Crippen LogP contribution < -0.4 is 22.0 Å². The average Bonchev–Trinajstić information content (AvgIpc) is 2.49. The molecule has 9 N–H and O–H groups in total. The summed E-state index contributed by atoms with van der Waals surface area (Å²) in [5, 5.41) is 49.6. The van der Waals surface area contributed by atoms with E-state index in [2.05, 4.69) is 34.4 Å². The van der Waals surface area contributed by atoms with Crippen molar-refractivity contribution in [3.05, 3.63) is 45.2 Å². The Hall–Kier alpha value is -2.73. The van der Waals surface area contributed by atoms with Crippen molar-refractivity contribution in [1.82, 2.24) is 19.1 Å². The number of anilines is 2. The summed E-state index contributed by atoms with van der Waals surface area (Å²) in [7, 11) is -10.5. The van der Waals surface area contributed by atoms with Gasteiger partial charge in [-0.3, -0.25) is 22.7 Å². The summed E-state index contributed by atoms with van der Waals surface area (Å²) < 4.78 is 68.4. The minimum Gasteiger partial charge on any atom is -0.393 e. The van der Waals surface area contributed by atoms with Crippen molar-refractivity contribution in [3.63, 3.8) is 0 Å². The molecule has 474 valence electrons. The number of hydrogen-bond acceptors (Lipinski definition) is 17. The van der Waals surface area contributed by atoms with Crippen LogP contribution in [0.1, 0.15) is 245 Å². The van der Waals surface area contributed by atoms with Crippen LogP contribution in [0.25, 0.3) is 0 Å². The number of nitrogens with zero attached hydrogens (tertiary/aromatic N) is 4. The number of hydrogen-bond donors (Lipinski definition) is 9. The molecule has 0 spiro atoms. The SMILES string of the molecule is CCCCCCCCCCCCCCCCCCNc1ccn(C2OC(CO)(CC(O)COP(=O)(O)OCC3OC(n4cc(F)c(NCCCCCCCCCCCCCCCCCC)nc4=O)CC3O)C(OP(=O)(O)O)C2O)c(=O)n1. The van der Waals surface area contributed by atoms with Gasteiger partial charge in [0.15, 0.2) is 17.9 Å². The average molecular weight is 1210 g/mol. The standard InChI is InChI=1S/C57H103FN6O16P2/c1-3-5-7-9-11-13-15-17-19-21-23-25-27-29-31-33-36-59-49-35-38-63(55(69)61-49)54-51(68)52(80-81(71,72)73)57(44-65,79-54)40-45(66)42-76-82(74,75)77-43-48-47(67)39-50(78-48)64-41-46(58)53(62-56(64)70)60-37-34-32-30-28-26-24-22-20-18-16-14-12-10-8-6-4-2/h35,38,41,45,47-48,50-52,54,65-68H,3-34,36-37,39-40,42-44H2,1-2H3,(H,74,75)(H,59,61,69)(H,60,62,70)(H2,71,72,73). The maximum Gasteiger partial charge on any atom is 0.472 e. The van der Waals surface area contributed by atoms with Gasteiger partial charge in [0.25, 0.3) is 0 Å². The topological polar surface area (TPSA) is 316 Å². The molecule has 82 heavy (non-hydrogen) atoms. The van der Waals surface area contributed by atoms with Gasteiger partial charge in [-0.2, -0.15) is 9.97 Å². The molecule has 2 aromatic rings. The van der Waals surface area contributed by atoms with Crippen molar-refractivity contribution in [2.24, 2.45) is 0 Å². The van der Waals surface area contributed by atoms with E-state index in [-0.39, 0.29) is 18.1 Å². The van der Waals surface area contributed by atoms with Gasteiger partial charge in [0.05, 0.1) is 38.2 Å². The monoisotopic (exact) mass is 1210 g/mol. The molecule has 0 aromatic carbocycles. The van der Waals surface area contributed by atoms with Crippen LogP contribution in [0.5, 0.6) is 0 Å². The molecule has 2 fully saturated rings. The highest BCUT2D eigenvalue weighted by Gasteiger charge is 2.59. The molecule has 0 saturated carbocycles. The quantitative estimate of drug-likeness (QED) is 0.0220. The first kappa shape index (κ1) is 71.7. The van der Waals surface area contributed by atoms with Crippen LogP contribution in [0, 0.1) is 5.82 Å². The molecule has 25 heteroatoms. The fourth-order valence-electron chi connectivity index (χ4n) is 10.9. The van der Waals surface area contributed by atoms with Crippen LogP contribution in [0.3, 0.4) is 0 Å². The number of nitrogens with one attached hydrogen (secondary N) is 2. The molecule has 2 aliphatic rings. The lowest BCUT2D eigenvalue weighted by Gasteiger charge is -2.34. The number of phosphoric acid groups is 2. The molecule has 22 nitrogen and oxygen atoms in total. The van der Waals surface area contributed by atoms with Crippen LogP contribution in [0.2, 0.25) is 0 Å². The molecule has 2 aliphatic heterocycles. The van der Waals surface area contributed by atoms with Crippen molar-refractivity contribution in [3.8, 4) is 0 Å². The van der Waals surface area contributed by atoms with Crippen molar-refractivity contribution in [2.45, 2.75) is 281 Å². The van der Waals surface area contributed by atoms with E-state index in [1.54, 1.807) is 0 Å². The van der Waals surface area contributed by atoms with E-state index >= 15 is 4.39 Å². The van der Waals surface area contributed by atoms with E-state index in [0.717, 1.165) is 66.7 Å². The fourth-order valence-corrected chi connectivity index (χ4v) is 12.2. The molecular formula is C57H103FN6O16P2. The number of rotatable bonds is 49. The molecular weight excluding hydrogens is 1110 g/mol.